The number of nitrogens with zero attached hydrogens (tertiary/aromatic N) is 1. The van der Waals surface area contributed by atoms with Crippen LogP contribution < -0.4 is 0 Å². The van der Waals surface area contributed by atoms with Crippen LogP contribution >= 0.6 is 0 Å². The van der Waals surface area contributed by atoms with Crippen molar-refractivity contribution in [2.24, 2.45) is 0 Å². The molecular weight excluding hydrogens is 190 g/mol. The molecule has 2 unspecified atom stereocenters. The lowest BCUT2D eigenvalue weighted by atomic mass is 10.1. The van der Waals surface area contributed by atoms with Crippen molar-refractivity contribution >= 4 is 0 Å². The van der Waals surface area contributed by atoms with Crippen LogP contribution in [0.25, 0.3) is 0 Å². The third-order valence-electron chi connectivity index (χ3n) is 3.66. The Morgan fingerprint density at radius 3 is 2.93 bits per heavy atom. The lowest BCUT2D eigenvalue weighted by Crippen LogP contribution is -2.36. The zero-order chi connectivity index (χ0) is 10.5. The van der Waals surface area contributed by atoms with Gasteiger partial charge in [-0.05, 0) is 45.1 Å². The molecule has 0 saturated carbocycles. The van der Waals surface area contributed by atoms with Crippen LogP contribution in [0.5, 0.6) is 0 Å². The summed E-state index contributed by atoms with van der Waals surface area (Å²) >= 11 is 0. The molecular formula is C12H23NO2. The summed E-state index contributed by atoms with van der Waals surface area (Å²) in [7, 11) is 0. The van der Waals surface area contributed by atoms with Crippen molar-refractivity contribution in [2.45, 2.75) is 50.7 Å². The van der Waals surface area contributed by atoms with E-state index in [2.05, 4.69) is 4.90 Å². The van der Waals surface area contributed by atoms with Crippen LogP contribution in [-0.4, -0.2) is 48.5 Å². The van der Waals surface area contributed by atoms with E-state index in [1.165, 1.54) is 32.2 Å². The summed E-state index contributed by atoms with van der Waals surface area (Å²) < 4.78 is 5.68. The van der Waals surface area contributed by atoms with E-state index >= 15 is 0 Å². The van der Waals surface area contributed by atoms with Crippen LogP contribution in [0.3, 0.4) is 0 Å². The zero-order valence-corrected chi connectivity index (χ0v) is 9.53. The van der Waals surface area contributed by atoms with Gasteiger partial charge in [0.05, 0.1) is 6.10 Å². The minimum Gasteiger partial charge on any atom is -0.396 e. The smallest absolute Gasteiger partial charge is 0.0702 e. The van der Waals surface area contributed by atoms with E-state index in [1.807, 2.05) is 0 Å². The summed E-state index contributed by atoms with van der Waals surface area (Å²) in [5.41, 5.74) is 0. The van der Waals surface area contributed by atoms with Gasteiger partial charge in [0.15, 0.2) is 0 Å². The van der Waals surface area contributed by atoms with E-state index < -0.39 is 0 Å². The molecule has 0 aliphatic carbocycles. The van der Waals surface area contributed by atoms with Crippen LogP contribution in [0.4, 0.5) is 0 Å². The van der Waals surface area contributed by atoms with Gasteiger partial charge in [-0.1, -0.05) is 0 Å². The Morgan fingerprint density at radius 1 is 1.27 bits per heavy atom. The Hall–Kier alpha value is -0.120. The van der Waals surface area contributed by atoms with Gasteiger partial charge < -0.3 is 9.84 Å². The van der Waals surface area contributed by atoms with Crippen LogP contribution in [0.2, 0.25) is 0 Å². The van der Waals surface area contributed by atoms with Crippen molar-refractivity contribution < 1.29 is 9.84 Å². The van der Waals surface area contributed by atoms with Crippen molar-refractivity contribution in [1.29, 1.82) is 0 Å². The Kier molecular flexibility index (Phi) is 4.42. The second-order valence-electron chi connectivity index (χ2n) is 4.79. The molecule has 88 valence electrons. The first-order valence-electron chi connectivity index (χ1n) is 6.36. The van der Waals surface area contributed by atoms with Gasteiger partial charge in [0.25, 0.3) is 0 Å². The van der Waals surface area contributed by atoms with E-state index in [-0.39, 0.29) is 0 Å². The summed E-state index contributed by atoms with van der Waals surface area (Å²) in [5, 5.41) is 8.85. The molecule has 3 heteroatoms. The fourth-order valence-corrected chi connectivity index (χ4v) is 2.84. The molecule has 0 radical (unpaired) electrons. The minimum absolute atomic E-state index is 0.338. The lowest BCUT2D eigenvalue weighted by Gasteiger charge is -2.26. The second kappa shape index (κ2) is 5.83. The van der Waals surface area contributed by atoms with Gasteiger partial charge in [0.2, 0.25) is 0 Å². The van der Waals surface area contributed by atoms with Crippen LogP contribution in [-0.2, 0) is 4.74 Å². The van der Waals surface area contributed by atoms with Gasteiger partial charge >= 0.3 is 0 Å². The third-order valence-corrected chi connectivity index (χ3v) is 3.66. The van der Waals surface area contributed by atoms with Gasteiger partial charge in [-0.3, -0.25) is 4.90 Å². The molecule has 0 aromatic heterocycles. The van der Waals surface area contributed by atoms with Crippen molar-refractivity contribution in [3.8, 4) is 0 Å². The van der Waals surface area contributed by atoms with Crippen molar-refractivity contribution in [3.05, 3.63) is 0 Å². The number of hydrogen-bond acceptors (Lipinski definition) is 3. The van der Waals surface area contributed by atoms with Gasteiger partial charge in [0.1, 0.15) is 0 Å². The summed E-state index contributed by atoms with van der Waals surface area (Å²) in [5.74, 6) is 0. The standard InChI is InChI=1S/C12H23NO2/c14-8-2-5-11-4-1-7-13(11)10-12-6-3-9-15-12/h11-12,14H,1-10H2. The van der Waals surface area contributed by atoms with Gasteiger partial charge in [0, 0.05) is 25.8 Å². The average molecular weight is 213 g/mol. The number of rotatable bonds is 5. The largest absolute Gasteiger partial charge is 0.396 e. The highest BCUT2D eigenvalue weighted by molar-refractivity contribution is 4.82. The van der Waals surface area contributed by atoms with Crippen LogP contribution in [0.1, 0.15) is 38.5 Å². The first-order valence-corrected chi connectivity index (χ1v) is 6.36. The first kappa shape index (κ1) is 11.4. The molecule has 2 heterocycles. The summed E-state index contributed by atoms with van der Waals surface area (Å²) in [6.07, 6.45) is 7.70. The highest BCUT2D eigenvalue weighted by Gasteiger charge is 2.27. The molecule has 1 N–H and O–H groups in total. The quantitative estimate of drug-likeness (QED) is 0.749. The first-order chi connectivity index (χ1) is 7.40. The molecule has 2 aliphatic rings. The average Bonchev–Trinajstić information content (AvgIpc) is 2.87. The van der Waals surface area contributed by atoms with E-state index in [0.717, 1.165) is 26.0 Å². The van der Waals surface area contributed by atoms with Gasteiger partial charge in [-0.15, -0.1) is 0 Å². The lowest BCUT2D eigenvalue weighted by molar-refractivity contribution is 0.0667. The third kappa shape index (κ3) is 3.16. The summed E-state index contributed by atoms with van der Waals surface area (Å²) in [4.78, 5) is 2.58. The fourth-order valence-electron chi connectivity index (χ4n) is 2.84. The Labute approximate surface area is 92.4 Å². The van der Waals surface area contributed by atoms with E-state index in [1.54, 1.807) is 0 Å². The van der Waals surface area contributed by atoms with Crippen LogP contribution in [0.15, 0.2) is 0 Å². The second-order valence-corrected chi connectivity index (χ2v) is 4.79. The molecule has 0 aromatic rings. The summed E-state index contributed by atoms with van der Waals surface area (Å²) in [6, 6.07) is 0.710. The van der Waals surface area contributed by atoms with Gasteiger partial charge in [-0.2, -0.15) is 0 Å². The zero-order valence-electron chi connectivity index (χ0n) is 9.53. The highest BCUT2D eigenvalue weighted by Crippen LogP contribution is 2.23. The molecule has 2 fully saturated rings. The number of ether oxygens (including phenoxy) is 1. The predicted octanol–water partition coefficient (Wildman–Crippen LogP) is 1.40. The van der Waals surface area contributed by atoms with E-state index in [0.29, 0.717) is 18.8 Å². The normalized spacial score (nSPS) is 32.6. The number of hydrogen-bond donors (Lipinski definition) is 1. The molecule has 0 spiro atoms. The maximum atomic E-state index is 8.85. The maximum Gasteiger partial charge on any atom is 0.0702 e. The molecule has 2 saturated heterocycles. The van der Waals surface area contributed by atoms with E-state index in [9.17, 15) is 0 Å². The van der Waals surface area contributed by atoms with Crippen molar-refractivity contribution in [2.75, 3.05) is 26.3 Å². The molecule has 3 nitrogen and oxygen atoms in total. The number of aliphatic hydroxyl groups is 1. The van der Waals surface area contributed by atoms with Gasteiger partial charge in [-0.25, -0.2) is 0 Å². The van der Waals surface area contributed by atoms with Crippen molar-refractivity contribution in [1.82, 2.24) is 4.90 Å². The summed E-state index contributed by atoms with van der Waals surface area (Å²) in [6.45, 7) is 3.65. The van der Waals surface area contributed by atoms with Crippen LogP contribution in [0, 0.1) is 0 Å². The monoisotopic (exact) mass is 213 g/mol. The topological polar surface area (TPSA) is 32.7 Å². The fraction of sp³-hybridized carbons (Fsp3) is 1.00. The molecule has 0 amide bonds. The Morgan fingerprint density at radius 2 is 2.20 bits per heavy atom. The highest BCUT2D eigenvalue weighted by atomic mass is 16.5. The SMILES string of the molecule is OCCCC1CCCN1CC1CCCO1. The Balaban J connectivity index is 1.74. The molecule has 2 aliphatic heterocycles. The minimum atomic E-state index is 0.338. The molecule has 2 atom stereocenters. The molecule has 0 aromatic carbocycles. The Bertz CT molecular complexity index is 180. The molecule has 15 heavy (non-hydrogen) atoms. The van der Waals surface area contributed by atoms with E-state index in [4.69, 9.17) is 9.84 Å². The number of likely N-dealkylation sites (tertiary alicyclic amines) is 1. The molecule has 0 bridgehead atoms. The molecule has 2 rings (SSSR count). The van der Waals surface area contributed by atoms with Crippen molar-refractivity contribution in [3.63, 3.8) is 0 Å². The maximum absolute atomic E-state index is 8.85. The predicted molar refractivity (Wildman–Crippen MR) is 59.9 cm³/mol. The number of aliphatic hydroxyl groups excluding tert-OH is 1.